The van der Waals surface area contributed by atoms with Crippen LogP contribution in [0.15, 0.2) is 116 Å². The van der Waals surface area contributed by atoms with Gasteiger partial charge in [0.05, 0.1) is 39.6 Å². The van der Waals surface area contributed by atoms with Crippen molar-refractivity contribution in [2.45, 2.75) is 98.8 Å². The Kier molecular flexibility index (Phi) is 9.38. The summed E-state index contributed by atoms with van der Waals surface area (Å²) >= 11 is 0. The van der Waals surface area contributed by atoms with Crippen LogP contribution in [0, 0.1) is 12.2 Å². The average molecular weight is 754 g/mol. The van der Waals surface area contributed by atoms with Gasteiger partial charge in [0.25, 0.3) is 6.33 Å². The Balaban J connectivity index is 1.25. The quantitative estimate of drug-likeness (QED) is 0.120. The van der Waals surface area contributed by atoms with E-state index in [0.717, 1.165) is 56.8 Å². The van der Waals surface area contributed by atoms with Crippen molar-refractivity contribution in [3.8, 4) is 28.7 Å². The molecule has 6 heteroatoms. The van der Waals surface area contributed by atoms with Crippen molar-refractivity contribution in [1.82, 2.24) is 19.1 Å². The molecule has 0 saturated carbocycles. The molecule has 0 N–H and O–H groups in total. The van der Waals surface area contributed by atoms with E-state index < -0.39 is 0 Å². The van der Waals surface area contributed by atoms with Gasteiger partial charge in [-0.1, -0.05) is 119 Å². The number of fused-ring (bicyclic) bond motifs is 4. The molecular weight excluding hydrogens is 699 g/mol. The normalized spacial score (nSPS) is 12.7. The largest absolute Gasteiger partial charge is 0.456 e. The van der Waals surface area contributed by atoms with Crippen LogP contribution in [0.5, 0.6) is 11.5 Å². The van der Waals surface area contributed by atoms with E-state index in [-0.39, 0.29) is 16.2 Å². The summed E-state index contributed by atoms with van der Waals surface area (Å²) in [5.74, 6) is 2.75. The molecule has 4 aromatic heterocycles. The SMILES string of the molecule is CC(C)Cc1cccc2c1[n+](-c1cc(C(C)(C)C)cc(C(C)(C)C)c1)[c-]n2-c1cncc(Oc2ccc3c4ccccc4n(-c4cc(C(C)(C)C)ccn4)c3c2)c1. The number of hydrogen-bond donors (Lipinski definition) is 0. The highest BCUT2D eigenvalue weighted by atomic mass is 16.5. The summed E-state index contributed by atoms with van der Waals surface area (Å²) in [7, 11) is 0. The Morgan fingerprint density at radius 2 is 1.33 bits per heavy atom. The van der Waals surface area contributed by atoms with Gasteiger partial charge in [-0.25, -0.2) is 4.98 Å². The zero-order valence-corrected chi connectivity index (χ0v) is 35.4. The lowest BCUT2D eigenvalue weighted by atomic mass is 9.80. The van der Waals surface area contributed by atoms with Crippen molar-refractivity contribution >= 4 is 32.8 Å². The molecule has 0 spiro atoms. The molecule has 0 atom stereocenters. The summed E-state index contributed by atoms with van der Waals surface area (Å²) in [5.41, 5.74) is 11.4. The Labute approximate surface area is 337 Å². The highest BCUT2D eigenvalue weighted by Gasteiger charge is 2.24. The molecule has 57 heavy (non-hydrogen) atoms. The summed E-state index contributed by atoms with van der Waals surface area (Å²) in [6.07, 6.45) is 10.3. The minimum Gasteiger partial charge on any atom is -0.456 e. The minimum absolute atomic E-state index is 0.00763. The molecule has 0 unspecified atom stereocenters. The van der Waals surface area contributed by atoms with E-state index in [4.69, 9.17) is 14.7 Å². The van der Waals surface area contributed by atoms with Gasteiger partial charge in [-0.05, 0) is 99.4 Å². The van der Waals surface area contributed by atoms with Gasteiger partial charge in [0.2, 0.25) is 0 Å². The molecule has 0 saturated heterocycles. The van der Waals surface area contributed by atoms with E-state index in [9.17, 15) is 0 Å². The van der Waals surface area contributed by atoms with Gasteiger partial charge in [-0.15, -0.1) is 0 Å². The molecule has 6 nitrogen and oxygen atoms in total. The van der Waals surface area contributed by atoms with Gasteiger partial charge in [-0.2, -0.15) is 0 Å². The zero-order chi connectivity index (χ0) is 40.4. The van der Waals surface area contributed by atoms with E-state index >= 15 is 0 Å². The molecule has 0 amide bonds. The standard InChI is InChI=1S/C51H55N5O/c1-33(2)23-34-15-14-18-45-48(34)55(38-25-36(50(6,7)8)24-37(26-38)51(9,10)11)32-54(45)39-28-41(31-52-30-39)57-40-19-20-43-42-16-12-13-17-44(42)56(46(43)29-40)47-27-35(21-22-53-47)49(3,4)5/h12-22,24-31,33H,23H2,1-11H3. The highest BCUT2D eigenvalue weighted by molar-refractivity contribution is 6.09. The maximum atomic E-state index is 6.67. The summed E-state index contributed by atoms with van der Waals surface area (Å²) in [4.78, 5) is 9.58. The number of nitrogens with zero attached hydrogens (tertiary/aromatic N) is 5. The third-order valence-corrected chi connectivity index (χ3v) is 11.0. The lowest BCUT2D eigenvalue weighted by molar-refractivity contribution is -0.572. The van der Waals surface area contributed by atoms with Crippen LogP contribution in [0.1, 0.15) is 98.4 Å². The van der Waals surface area contributed by atoms with Crippen molar-refractivity contribution in [3.63, 3.8) is 0 Å². The van der Waals surface area contributed by atoms with Crippen molar-refractivity contribution in [2.24, 2.45) is 5.92 Å². The van der Waals surface area contributed by atoms with Gasteiger partial charge in [0.15, 0.2) is 0 Å². The van der Waals surface area contributed by atoms with Crippen LogP contribution in [0.25, 0.3) is 50.0 Å². The van der Waals surface area contributed by atoms with Crippen molar-refractivity contribution in [3.05, 3.63) is 144 Å². The summed E-state index contributed by atoms with van der Waals surface area (Å²) in [6.45, 7) is 25.0. The third-order valence-electron chi connectivity index (χ3n) is 11.0. The van der Waals surface area contributed by atoms with E-state index in [1.807, 2.05) is 18.5 Å². The number of para-hydroxylation sites is 2. The van der Waals surface area contributed by atoms with Crippen LogP contribution in [0.3, 0.4) is 0 Å². The lowest BCUT2D eigenvalue weighted by Gasteiger charge is -2.26. The van der Waals surface area contributed by atoms with Crippen LogP contribution in [-0.4, -0.2) is 19.1 Å². The van der Waals surface area contributed by atoms with Gasteiger partial charge >= 0.3 is 0 Å². The van der Waals surface area contributed by atoms with Crippen molar-refractivity contribution in [2.75, 3.05) is 0 Å². The Hall–Kier alpha value is -5.75. The zero-order valence-electron chi connectivity index (χ0n) is 35.4. The van der Waals surface area contributed by atoms with Crippen LogP contribution in [0.4, 0.5) is 0 Å². The topological polar surface area (TPSA) is 48.8 Å². The van der Waals surface area contributed by atoms with Crippen molar-refractivity contribution < 1.29 is 9.30 Å². The minimum atomic E-state index is -0.0182. The van der Waals surface area contributed by atoms with Gasteiger partial charge in [-0.3, -0.25) is 18.7 Å². The molecule has 0 fully saturated rings. The Bertz CT molecular complexity index is 2750. The summed E-state index contributed by atoms with van der Waals surface area (Å²) < 4.78 is 13.3. The molecular formula is C51H55N5O. The van der Waals surface area contributed by atoms with E-state index in [0.29, 0.717) is 11.7 Å². The smallest absolute Gasteiger partial charge is 0.269 e. The molecule has 4 aromatic carbocycles. The first-order valence-corrected chi connectivity index (χ1v) is 20.2. The van der Waals surface area contributed by atoms with Crippen LogP contribution in [0.2, 0.25) is 0 Å². The first kappa shape index (κ1) is 38.1. The molecule has 290 valence electrons. The lowest BCUT2D eigenvalue weighted by Crippen LogP contribution is -2.32. The monoisotopic (exact) mass is 753 g/mol. The average Bonchev–Trinajstić information content (AvgIpc) is 3.70. The number of hydrogen-bond acceptors (Lipinski definition) is 3. The van der Waals surface area contributed by atoms with E-state index in [1.54, 1.807) is 6.20 Å². The van der Waals surface area contributed by atoms with Crippen LogP contribution in [-0.2, 0) is 22.7 Å². The van der Waals surface area contributed by atoms with E-state index in [2.05, 4.69) is 187 Å². The second kappa shape index (κ2) is 14.0. The van der Waals surface area contributed by atoms with Crippen LogP contribution >= 0.6 is 0 Å². The molecule has 4 heterocycles. The van der Waals surface area contributed by atoms with Gasteiger partial charge in [0, 0.05) is 29.2 Å². The molecule has 0 bridgehead atoms. The van der Waals surface area contributed by atoms with E-state index in [1.165, 1.54) is 27.6 Å². The fraction of sp³-hybridized carbons (Fsp3) is 0.314. The Morgan fingerprint density at radius 1 is 0.649 bits per heavy atom. The molecule has 0 aliphatic carbocycles. The Morgan fingerprint density at radius 3 is 2.04 bits per heavy atom. The summed E-state index contributed by atoms with van der Waals surface area (Å²) in [5, 5.41) is 2.32. The van der Waals surface area contributed by atoms with Gasteiger partial charge < -0.3 is 4.74 Å². The van der Waals surface area contributed by atoms with Crippen LogP contribution < -0.4 is 9.30 Å². The summed E-state index contributed by atoms with van der Waals surface area (Å²) in [6, 6.07) is 34.9. The van der Waals surface area contributed by atoms with Gasteiger partial charge in [0.1, 0.15) is 17.3 Å². The predicted molar refractivity (Wildman–Crippen MR) is 235 cm³/mol. The molecule has 0 aliphatic heterocycles. The first-order chi connectivity index (χ1) is 27.0. The number of ether oxygens (including phenoxy) is 1. The number of pyridine rings is 2. The number of benzene rings is 4. The second-order valence-corrected chi connectivity index (χ2v) is 19.1. The maximum Gasteiger partial charge on any atom is 0.269 e. The number of imidazole rings is 1. The molecule has 0 radical (unpaired) electrons. The maximum absolute atomic E-state index is 6.67. The first-order valence-electron chi connectivity index (χ1n) is 20.2. The second-order valence-electron chi connectivity index (χ2n) is 19.1. The number of rotatable bonds is 7. The molecule has 8 rings (SSSR count). The van der Waals surface area contributed by atoms with Crippen molar-refractivity contribution in [1.29, 1.82) is 0 Å². The fourth-order valence-corrected chi connectivity index (χ4v) is 7.80. The molecule has 8 aromatic rings. The highest BCUT2D eigenvalue weighted by Crippen LogP contribution is 2.37. The third kappa shape index (κ3) is 7.34. The predicted octanol–water partition coefficient (Wildman–Crippen LogP) is 12.5. The number of aromatic nitrogens is 5. The molecule has 0 aliphatic rings. The fourth-order valence-electron chi connectivity index (χ4n) is 7.80.